The number of nitrogens with zero attached hydrogens (tertiary/aromatic N) is 1. The Kier molecular flexibility index (Phi) is 5.60. The van der Waals surface area contributed by atoms with E-state index in [0.717, 1.165) is 25.9 Å². The van der Waals surface area contributed by atoms with Gasteiger partial charge in [-0.1, -0.05) is 31.2 Å². The fourth-order valence-corrected chi connectivity index (χ4v) is 1.67. The Labute approximate surface area is 98.3 Å². The van der Waals surface area contributed by atoms with E-state index in [1.165, 1.54) is 11.1 Å². The van der Waals surface area contributed by atoms with Crippen molar-refractivity contribution < 1.29 is 0 Å². The summed E-state index contributed by atoms with van der Waals surface area (Å²) < 4.78 is 0. The van der Waals surface area contributed by atoms with Crippen molar-refractivity contribution in [3.05, 3.63) is 35.4 Å². The molecule has 1 N–H and O–H groups in total. The minimum atomic E-state index is 0.150. The molecule has 0 saturated heterocycles. The maximum absolute atomic E-state index is 8.80. The molecule has 0 saturated carbocycles. The van der Waals surface area contributed by atoms with Crippen molar-refractivity contribution in [2.24, 2.45) is 5.92 Å². The molecule has 2 heteroatoms. The van der Waals surface area contributed by atoms with Gasteiger partial charge in [-0.25, -0.2) is 0 Å². The van der Waals surface area contributed by atoms with Crippen LogP contribution in [0.1, 0.15) is 24.5 Å². The Morgan fingerprint density at radius 3 is 2.75 bits per heavy atom. The molecule has 1 aromatic rings. The molecule has 0 heterocycles. The van der Waals surface area contributed by atoms with Crippen molar-refractivity contribution in [3.8, 4) is 6.07 Å². The zero-order valence-electron chi connectivity index (χ0n) is 10.2. The van der Waals surface area contributed by atoms with E-state index in [4.69, 9.17) is 5.26 Å². The number of rotatable bonds is 6. The van der Waals surface area contributed by atoms with Gasteiger partial charge < -0.3 is 5.32 Å². The molecule has 0 aromatic heterocycles. The highest BCUT2D eigenvalue weighted by Crippen LogP contribution is 2.07. The van der Waals surface area contributed by atoms with Gasteiger partial charge in [0.25, 0.3) is 0 Å². The molecule has 0 amide bonds. The van der Waals surface area contributed by atoms with Crippen molar-refractivity contribution in [1.29, 1.82) is 5.26 Å². The zero-order chi connectivity index (χ0) is 11.8. The van der Waals surface area contributed by atoms with Gasteiger partial charge in [0.05, 0.1) is 12.0 Å². The van der Waals surface area contributed by atoms with E-state index in [1.54, 1.807) is 0 Å². The SMILES string of the molecule is CCC(C#N)CNCCc1ccccc1C. The van der Waals surface area contributed by atoms with Crippen LogP contribution in [0.2, 0.25) is 0 Å². The number of nitrogens with one attached hydrogen (secondary N) is 1. The number of benzene rings is 1. The van der Waals surface area contributed by atoms with Crippen LogP contribution in [-0.2, 0) is 6.42 Å². The van der Waals surface area contributed by atoms with Gasteiger partial charge in [-0.15, -0.1) is 0 Å². The highest BCUT2D eigenvalue weighted by Gasteiger charge is 2.03. The average molecular weight is 216 g/mol. The molecule has 1 aromatic carbocycles. The summed E-state index contributed by atoms with van der Waals surface area (Å²) in [6.07, 6.45) is 1.96. The minimum absolute atomic E-state index is 0.150. The number of aryl methyl sites for hydroxylation is 1. The highest BCUT2D eigenvalue weighted by atomic mass is 14.8. The van der Waals surface area contributed by atoms with Crippen LogP contribution in [0.3, 0.4) is 0 Å². The lowest BCUT2D eigenvalue weighted by molar-refractivity contribution is 0.554. The van der Waals surface area contributed by atoms with E-state index < -0.39 is 0 Å². The summed E-state index contributed by atoms with van der Waals surface area (Å²) in [7, 11) is 0. The Balaban J connectivity index is 2.27. The van der Waals surface area contributed by atoms with Crippen LogP contribution in [0.15, 0.2) is 24.3 Å². The summed E-state index contributed by atoms with van der Waals surface area (Å²) in [5, 5.41) is 12.1. The normalized spacial score (nSPS) is 12.1. The van der Waals surface area contributed by atoms with Gasteiger partial charge in [-0.3, -0.25) is 0 Å². The highest BCUT2D eigenvalue weighted by molar-refractivity contribution is 5.25. The predicted octanol–water partition coefficient (Wildman–Crippen LogP) is 2.68. The van der Waals surface area contributed by atoms with Crippen LogP contribution in [0.25, 0.3) is 0 Å². The molecule has 1 unspecified atom stereocenters. The summed E-state index contributed by atoms with van der Waals surface area (Å²) in [5.41, 5.74) is 2.73. The van der Waals surface area contributed by atoms with Gasteiger partial charge in [-0.2, -0.15) is 5.26 Å². The van der Waals surface area contributed by atoms with Gasteiger partial charge in [0.1, 0.15) is 0 Å². The molecule has 0 aliphatic heterocycles. The Bertz CT molecular complexity index is 352. The van der Waals surface area contributed by atoms with Gasteiger partial charge in [0.2, 0.25) is 0 Å². The van der Waals surface area contributed by atoms with Gasteiger partial charge in [-0.05, 0) is 37.4 Å². The lowest BCUT2D eigenvalue weighted by Crippen LogP contribution is -2.24. The largest absolute Gasteiger partial charge is 0.315 e. The van der Waals surface area contributed by atoms with Gasteiger partial charge >= 0.3 is 0 Å². The van der Waals surface area contributed by atoms with Crippen LogP contribution in [0, 0.1) is 24.2 Å². The molecule has 0 bridgehead atoms. The number of nitriles is 1. The smallest absolute Gasteiger partial charge is 0.0669 e. The maximum atomic E-state index is 8.80. The van der Waals surface area contributed by atoms with E-state index in [1.807, 2.05) is 0 Å². The minimum Gasteiger partial charge on any atom is -0.315 e. The predicted molar refractivity (Wildman–Crippen MR) is 67.1 cm³/mol. The monoisotopic (exact) mass is 216 g/mol. The van der Waals surface area contributed by atoms with E-state index in [-0.39, 0.29) is 5.92 Å². The molecule has 0 aliphatic rings. The molecule has 0 spiro atoms. The maximum Gasteiger partial charge on any atom is 0.0669 e. The van der Waals surface area contributed by atoms with Gasteiger partial charge in [0, 0.05) is 6.54 Å². The van der Waals surface area contributed by atoms with E-state index in [2.05, 4.69) is 49.5 Å². The molecule has 16 heavy (non-hydrogen) atoms. The van der Waals surface area contributed by atoms with Crippen LogP contribution >= 0.6 is 0 Å². The van der Waals surface area contributed by atoms with E-state index in [9.17, 15) is 0 Å². The lowest BCUT2D eigenvalue weighted by Gasteiger charge is -2.09. The molecule has 1 atom stereocenters. The van der Waals surface area contributed by atoms with E-state index >= 15 is 0 Å². The Morgan fingerprint density at radius 2 is 2.12 bits per heavy atom. The first-order valence-electron chi connectivity index (χ1n) is 5.92. The first-order chi connectivity index (χ1) is 7.77. The molecule has 86 valence electrons. The summed E-state index contributed by atoms with van der Waals surface area (Å²) in [6.45, 7) is 5.94. The van der Waals surface area contributed by atoms with Crippen molar-refractivity contribution in [3.63, 3.8) is 0 Å². The summed E-state index contributed by atoms with van der Waals surface area (Å²) in [4.78, 5) is 0. The second-order valence-electron chi connectivity index (χ2n) is 4.11. The van der Waals surface area contributed by atoms with Gasteiger partial charge in [0.15, 0.2) is 0 Å². The third-order valence-electron chi connectivity index (χ3n) is 2.90. The Morgan fingerprint density at radius 1 is 1.38 bits per heavy atom. The first kappa shape index (κ1) is 12.7. The molecular formula is C14H20N2. The second-order valence-corrected chi connectivity index (χ2v) is 4.11. The number of hydrogen-bond acceptors (Lipinski definition) is 2. The summed E-state index contributed by atoms with van der Waals surface area (Å²) >= 11 is 0. The third kappa shape index (κ3) is 4.04. The topological polar surface area (TPSA) is 35.8 Å². The standard InChI is InChI=1S/C14H20N2/c1-3-13(10-15)11-16-9-8-14-7-5-4-6-12(14)2/h4-7,13,16H,3,8-9,11H2,1-2H3. The molecule has 2 nitrogen and oxygen atoms in total. The lowest BCUT2D eigenvalue weighted by atomic mass is 10.1. The first-order valence-corrected chi connectivity index (χ1v) is 5.92. The van der Waals surface area contributed by atoms with Crippen molar-refractivity contribution in [1.82, 2.24) is 5.32 Å². The van der Waals surface area contributed by atoms with Crippen LogP contribution in [0.5, 0.6) is 0 Å². The summed E-state index contributed by atoms with van der Waals surface area (Å²) in [6, 6.07) is 10.7. The van der Waals surface area contributed by atoms with Crippen LogP contribution in [0.4, 0.5) is 0 Å². The fraction of sp³-hybridized carbons (Fsp3) is 0.500. The number of hydrogen-bond donors (Lipinski definition) is 1. The quantitative estimate of drug-likeness (QED) is 0.742. The van der Waals surface area contributed by atoms with Crippen molar-refractivity contribution in [2.75, 3.05) is 13.1 Å². The average Bonchev–Trinajstić information content (AvgIpc) is 2.31. The van der Waals surface area contributed by atoms with Crippen molar-refractivity contribution >= 4 is 0 Å². The van der Waals surface area contributed by atoms with E-state index in [0.29, 0.717) is 0 Å². The van der Waals surface area contributed by atoms with Crippen LogP contribution < -0.4 is 5.32 Å². The Hall–Kier alpha value is -1.33. The molecular weight excluding hydrogens is 196 g/mol. The zero-order valence-corrected chi connectivity index (χ0v) is 10.2. The summed E-state index contributed by atoms with van der Waals surface area (Å²) in [5.74, 6) is 0.150. The molecule has 0 radical (unpaired) electrons. The van der Waals surface area contributed by atoms with Crippen LogP contribution in [-0.4, -0.2) is 13.1 Å². The van der Waals surface area contributed by atoms with Crippen molar-refractivity contribution in [2.45, 2.75) is 26.7 Å². The molecule has 1 rings (SSSR count). The second kappa shape index (κ2) is 7.03. The third-order valence-corrected chi connectivity index (χ3v) is 2.90. The fourth-order valence-electron chi connectivity index (χ4n) is 1.67. The molecule has 0 fully saturated rings. The molecule has 0 aliphatic carbocycles.